The Balaban J connectivity index is 2.96. The number of halogens is 2. The van der Waals surface area contributed by atoms with Gasteiger partial charge in [0.05, 0.1) is 0 Å². The second-order valence-electron chi connectivity index (χ2n) is 1.99. The fraction of sp³-hybridized carbons (Fsp3) is 0. The van der Waals surface area contributed by atoms with E-state index >= 15 is 0 Å². The van der Waals surface area contributed by atoms with Gasteiger partial charge in [0.1, 0.15) is 0 Å². The zero-order valence-corrected chi connectivity index (χ0v) is 10.7. The normalized spacial score (nSPS) is 10.7. The molecule has 1 aromatic carbocycles. The van der Waals surface area contributed by atoms with Crippen molar-refractivity contribution in [1.82, 2.24) is 6.41 Å². The fourth-order valence-electron chi connectivity index (χ4n) is 0.806. The van der Waals surface area contributed by atoms with Crippen LogP contribution < -0.4 is 0 Å². The third kappa shape index (κ3) is 1.40. The number of hydrogen-bond donors (Lipinski definition) is 0. The van der Waals surface area contributed by atoms with Gasteiger partial charge in [-0.15, -0.1) is 0 Å². The van der Waals surface area contributed by atoms with E-state index in [1.807, 2.05) is 12.1 Å². The van der Waals surface area contributed by atoms with E-state index in [0.717, 1.165) is 20.0 Å². The maximum atomic E-state index is 4.35. The van der Waals surface area contributed by atoms with Gasteiger partial charge in [-0.05, 0) is 0 Å². The van der Waals surface area contributed by atoms with Gasteiger partial charge in [-0.1, -0.05) is 0 Å². The van der Waals surface area contributed by atoms with Crippen molar-refractivity contribution in [2.45, 2.75) is 0 Å². The van der Waals surface area contributed by atoms with Crippen molar-refractivity contribution in [3.05, 3.63) is 21.1 Å². The number of aromatic nitrogens is 2. The number of hydrogen-bond acceptors (Lipinski definition) is 2. The second-order valence-corrected chi connectivity index (χ2v) is 5.21. The second kappa shape index (κ2) is 3.14. The van der Waals surface area contributed by atoms with Gasteiger partial charge >= 0.3 is 91.4 Å². The van der Waals surface area contributed by atoms with E-state index in [-0.39, 0.29) is 0 Å². The van der Waals surface area contributed by atoms with Crippen molar-refractivity contribution in [1.29, 1.82) is 0 Å². The number of nitrogens with zero attached hydrogens (tertiary/aromatic N) is 2. The van der Waals surface area contributed by atoms with Gasteiger partial charge in [0, 0.05) is 0 Å². The van der Waals surface area contributed by atoms with Crippen LogP contribution in [-0.4, -0.2) is 27.4 Å². The maximum absolute atomic E-state index is 4.35. The molecule has 0 aliphatic rings. The first kappa shape index (κ1) is 8.18. The molecule has 11 heavy (non-hydrogen) atoms. The molecular weight excluding hydrogens is 387 g/mol. The molecule has 0 amide bonds. The van der Waals surface area contributed by atoms with E-state index in [0.29, 0.717) is 0 Å². The molecule has 2 rings (SSSR count). The zero-order chi connectivity index (χ0) is 7.84. The van der Waals surface area contributed by atoms with Crippen LogP contribution in [0.4, 0.5) is 0 Å². The van der Waals surface area contributed by atoms with E-state index in [9.17, 15) is 0 Å². The van der Waals surface area contributed by atoms with Crippen LogP contribution >= 0.6 is 31.9 Å². The van der Waals surface area contributed by atoms with Crippen LogP contribution in [0.25, 0.3) is 11.0 Å². The van der Waals surface area contributed by atoms with Gasteiger partial charge in [-0.25, -0.2) is 0 Å². The molecule has 0 unspecified atom stereocenters. The number of rotatable bonds is 0. The predicted octanol–water partition coefficient (Wildman–Crippen LogP) is 2.21. The first-order valence-electron chi connectivity index (χ1n) is 2.85. The van der Waals surface area contributed by atoms with Gasteiger partial charge < -0.3 is 0 Å². The molecule has 0 aliphatic carbocycles. The van der Waals surface area contributed by atoms with Crippen molar-refractivity contribution >= 4 is 63.9 Å². The molecule has 0 saturated carbocycles. The van der Waals surface area contributed by atoms with Crippen molar-refractivity contribution in [2.24, 2.45) is 0 Å². The minimum absolute atomic E-state index is 0.492. The summed E-state index contributed by atoms with van der Waals surface area (Å²) in [4.78, 5) is 0. The van der Waals surface area contributed by atoms with E-state index in [4.69, 9.17) is 0 Å². The molecule has 2 aromatic rings. The van der Waals surface area contributed by atoms with Gasteiger partial charge in [0.2, 0.25) is 0 Å². The summed E-state index contributed by atoms with van der Waals surface area (Å²) < 4.78 is 10.8. The van der Waals surface area contributed by atoms with Crippen LogP contribution in [0.5, 0.6) is 0 Å². The Kier molecular flexibility index (Phi) is 2.33. The third-order valence-electron chi connectivity index (χ3n) is 1.32. The molecular formula is C6H2Br2N2Te. The van der Waals surface area contributed by atoms with Gasteiger partial charge in [-0.2, -0.15) is 0 Å². The summed E-state index contributed by atoms with van der Waals surface area (Å²) in [5.74, 6) is 0. The summed E-state index contributed by atoms with van der Waals surface area (Å²) in [6.07, 6.45) is 0. The predicted molar refractivity (Wildman–Crippen MR) is 51.9 cm³/mol. The monoisotopic (exact) mass is 390 g/mol. The Labute approximate surface area is 90.6 Å². The minimum atomic E-state index is -0.492. The molecule has 0 bridgehead atoms. The molecule has 0 saturated heterocycles. The van der Waals surface area contributed by atoms with Crippen LogP contribution in [0.1, 0.15) is 0 Å². The van der Waals surface area contributed by atoms with Gasteiger partial charge in [0.15, 0.2) is 0 Å². The quantitative estimate of drug-likeness (QED) is 0.646. The van der Waals surface area contributed by atoms with E-state index in [1.54, 1.807) is 0 Å². The van der Waals surface area contributed by atoms with Crippen LogP contribution in [-0.2, 0) is 0 Å². The first-order valence-corrected chi connectivity index (χ1v) is 6.52. The molecule has 1 aromatic heterocycles. The molecule has 0 atom stereocenters. The van der Waals surface area contributed by atoms with Crippen LogP contribution in [0.3, 0.4) is 0 Å². The summed E-state index contributed by atoms with van der Waals surface area (Å²) in [5, 5.41) is 0. The number of benzene rings is 1. The SMILES string of the molecule is Brc1ccc(Br)c2n[te]nc12. The molecule has 0 aliphatic heterocycles. The van der Waals surface area contributed by atoms with Crippen LogP contribution in [0, 0.1) is 0 Å². The topological polar surface area (TPSA) is 25.8 Å². The standard InChI is InChI=1S/C6H2Br2N2Te/c7-3-1-2-4(8)6-5(3)9-11-10-6/h1-2H. The summed E-state index contributed by atoms with van der Waals surface area (Å²) in [6.45, 7) is 0. The van der Waals surface area contributed by atoms with Crippen molar-refractivity contribution in [2.75, 3.05) is 0 Å². The molecule has 5 heteroatoms. The van der Waals surface area contributed by atoms with E-state index in [2.05, 4.69) is 38.3 Å². The molecule has 0 radical (unpaired) electrons. The van der Waals surface area contributed by atoms with Crippen LogP contribution in [0.2, 0.25) is 0 Å². The third-order valence-corrected chi connectivity index (χ3v) is 4.11. The number of fused-ring (bicyclic) bond motifs is 1. The average Bonchev–Trinajstić information content (AvgIpc) is 2.45. The van der Waals surface area contributed by atoms with Gasteiger partial charge in [0.25, 0.3) is 0 Å². The van der Waals surface area contributed by atoms with Crippen molar-refractivity contribution < 1.29 is 0 Å². The fourth-order valence-corrected chi connectivity index (χ4v) is 3.99. The molecule has 0 N–H and O–H groups in total. The molecule has 2 nitrogen and oxygen atoms in total. The van der Waals surface area contributed by atoms with Crippen LogP contribution in [0.15, 0.2) is 21.1 Å². The Morgan fingerprint density at radius 1 is 1.00 bits per heavy atom. The summed E-state index contributed by atoms with van der Waals surface area (Å²) in [6, 6.07) is 3.97. The average molecular weight is 390 g/mol. The van der Waals surface area contributed by atoms with E-state index in [1.165, 1.54) is 0 Å². The Morgan fingerprint density at radius 2 is 1.45 bits per heavy atom. The van der Waals surface area contributed by atoms with Crippen molar-refractivity contribution in [3.8, 4) is 0 Å². The Bertz CT molecular complexity index is 362. The van der Waals surface area contributed by atoms with Crippen molar-refractivity contribution in [3.63, 3.8) is 0 Å². The summed E-state index contributed by atoms with van der Waals surface area (Å²) >= 11 is 6.36. The molecule has 0 spiro atoms. The Hall–Kier alpha value is 0.570. The summed E-state index contributed by atoms with van der Waals surface area (Å²) in [5.41, 5.74) is 2.03. The summed E-state index contributed by atoms with van der Waals surface area (Å²) in [7, 11) is 0. The molecule has 0 fully saturated rings. The Morgan fingerprint density at radius 3 is 1.91 bits per heavy atom. The zero-order valence-electron chi connectivity index (χ0n) is 5.21. The van der Waals surface area contributed by atoms with E-state index < -0.39 is 21.0 Å². The van der Waals surface area contributed by atoms with Gasteiger partial charge in [-0.3, -0.25) is 0 Å². The molecule has 56 valence electrons. The molecule has 1 heterocycles. The first-order chi connectivity index (χ1) is 5.29.